The second-order valence-corrected chi connectivity index (χ2v) is 7.07. The lowest BCUT2D eigenvalue weighted by Crippen LogP contribution is -2.36. The van der Waals surface area contributed by atoms with Gasteiger partial charge in [0.05, 0.1) is 48.6 Å². The maximum atomic E-state index is 11.5. The maximum absolute atomic E-state index is 11.5. The molecule has 1 aliphatic heterocycles. The molecular weight excluding hydrogens is 406 g/mol. The molecule has 3 aromatic rings. The van der Waals surface area contributed by atoms with E-state index in [1.165, 1.54) is 12.8 Å². The van der Waals surface area contributed by atoms with E-state index in [1.54, 1.807) is 24.3 Å². The Balaban J connectivity index is 1.34. The van der Waals surface area contributed by atoms with E-state index < -0.39 is 0 Å². The number of ether oxygens (including phenoxy) is 2. The first-order valence-corrected chi connectivity index (χ1v) is 10.3. The van der Waals surface area contributed by atoms with Gasteiger partial charge in [-0.3, -0.25) is 0 Å². The summed E-state index contributed by atoms with van der Waals surface area (Å²) >= 11 is 0. The third kappa shape index (κ3) is 5.61. The fourth-order valence-corrected chi connectivity index (χ4v) is 3.15. The molecule has 0 aromatic heterocycles. The highest BCUT2D eigenvalue weighted by molar-refractivity contribution is 5.89. The van der Waals surface area contributed by atoms with Crippen molar-refractivity contribution < 1.29 is 14.3 Å². The van der Waals surface area contributed by atoms with Crippen LogP contribution in [0.2, 0.25) is 0 Å². The first-order chi connectivity index (χ1) is 15.7. The molecule has 1 heterocycles. The van der Waals surface area contributed by atoms with Crippen LogP contribution >= 0.6 is 0 Å². The van der Waals surface area contributed by atoms with Crippen molar-refractivity contribution in [1.29, 1.82) is 0 Å². The minimum absolute atomic E-state index is 0.383. The lowest BCUT2D eigenvalue weighted by atomic mass is 10.2. The largest absolute Gasteiger partial charge is 0.465 e. The number of rotatable bonds is 6. The van der Waals surface area contributed by atoms with Gasteiger partial charge in [-0.25, -0.2) is 4.79 Å². The number of anilines is 1. The van der Waals surface area contributed by atoms with E-state index in [0.29, 0.717) is 16.9 Å². The minimum Gasteiger partial charge on any atom is -0.465 e. The zero-order chi connectivity index (χ0) is 22.2. The summed E-state index contributed by atoms with van der Waals surface area (Å²) in [5.74, 6) is -0.383. The molecule has 1 fully saturated rings. The molecule has 32 heavy (non-hydrogen) atoms. The van der Waals surface area contributed by atoms with Crippen LogP contribution in [-0.2, 0) is 9.47 Å². The van der Waals surface area contributed by atoms with E-state index in [0.717, 1.165) is 37.7 Å². The molecule has 0 radical (unpaired) electrons. The van der Waals surface area contributed by atoms with Crippen LogP contribution in [0, 0.1) is 0 Å². The third-order valence-corrected chi connectivity index (χ3v) is 4.93. The molecule has 0 amide bonds. The molecule has 0 unspecified atom stereocenters. The van der Waals surface area contributed by atoms with Gasteiger partial charge in [0.25, 0.3) is 0 Å². The highest BCUT2D eigenvalue weighted by Gasteiger charge is 2.10. The van der Waals surface area contributed by atoms with Gasteiger partial charge in [-0.1, -0.05) is 0 Å². The predicted molar refractivity (Wildman–Crippen MR) is 122 cm³/mol. The molecule has 0 spiro atoms. The van der Waals surface area contributed by atoms with Gasteiger partial charge in [0.1, 0.15) is 0 Å². The lowest BCUT2D eigenvalue weighted by Gasteiger charge is -2.28. The summed E-state index contributed by atoms with van der Waals surface area (Å²) in [6, 6.07) is 22.1. The number of carbonyl (C=O) groups excluding carboxylic acids is 1. The van der Waals surface area contributed by atoms with Gasteiger partial charge in [-0.15, -0.1) is 0 Å². The standard InChI is InChI=1S/C24H23N5O3/c1-31-24(30)18-2-4-19(5-3-18)25-26-20-6-8-21(9-7-20)27-28-22-10-12-23(13-11-22)29-14-16-32-17-15-29/h2-13H,14-17H2,1H3. The summed E-state index contributed by atoms with van der Waals surface area (Å²) in [5, 5.41) is 17.0. The quantitative estimate of drug-likeness (QED) is 0.348. The summed E-state index contributed by atoms with van der Waals surface area (Å²) in [7, 11) is 1.35. The van der Waals surface area contributed by atoms with Gasteiger partial charge in [-0.2, -0.15) is 20.5 Å². The Morgan fingerprint density at radius 3 is 1.56 bits per heavy atom. The molecule has 0 atom stereocenters. The first-order valence-electron chi connectivity index (χ1n) is 10.3. The van der Waals surface area contributed by atoms with Crippen LogP contribution in [0.4, 0.5) is 28.4 Å². The van der Waals surface area contributed by atoms with Crippen molar-refractivity contribution >= 4 is 34.4 Å². The predicted octanol–water partition coefficient (Wildman–Crippen LogP) is 6.14. The van der Waals surface area contributed by atoms with Gasteiger partial charge >= 0.3 is 5.97 Å². The lowest BCUT2D eigenvalue weighted by molar-refractivity contribution is 0.0600. The maximum Gasteiger partial charge on any atom is 0.337 e. The summed E-state index contributed by atoms with van der Waals surface area (Å²) in [4.78, 5) is 13.8. The van der Waals surface area contributed by atoms with Crippen molar-refractivity contribution in [3.63, 3.8) is 0 Å². The Kier molecular flexibility index (Phi) is 6.94. The zero-order valence-corrected chi connectivity index (χ0v) is 17.7. The number of morpholine rings is 1. The van der Waals surface area contributed by atoms with Crippen LogP contribution in [0.3, 0.4) is 0 Å². The number of esters is 1. The average molecular weight is 429 g/mol. The monoisotopic (exact) mass is 429 g/mol. The van der Waals surface area contributed by atoms with Gasteiger partial charge in [0.15, 0.2) is 0 Å². The van der Waals surface area contributed by atoms with Crippen LogP contribution in [0.5, 0.6) is 0 Å². The molecule has 4 rings (SSSR count). The molecule has 8 nitrogen and oxygen atoms in total. The number of azo groups is 2. The fourth-order valence-electron chi connectivity index (χ4n) is 3.15. The Morgan fingerprint density at radius 2 is 1.12 bits per heavy atom. The molecule has 162 valence electrons. The van der Waals surface area contributed by atoms with Gasteiger partial charge < -0.3 is 14.4 Å². The second kappa shape index (κ2) is 10.4. The Labute approximate surface area is 186 Å². The number of hydrogen-bond donors (Lipinski definition) is 0. The van der Waals surface area contributed by atoms with E-state index in [4.69, 9.17) is 4.74 Å². The topological polar surface area (TPSA) is 88.2 Å². The molecule has 0 saturated carbocycles. The summed E-state index contributed by atoms with van der Waals surface area (Å²) < 4.78 is 10.1. The molecule has 0 bridgehead atoms. The van der Waals surface area contributed by atoms with Crippen molar-refractivity contribution in [2.45, 2.75) is 0 Å². The van der Waals surface area contributed by atoms with Crippen LogP contribution in [0.15, 0.2) is 93.3 Å². The zero-order valence-electron chi connectivity index (χ0n) is 17.7. The molecule has 8 heteroatoms. The van der Waals surface area contributed by atoms with Gasteiger partial charge in [0, 0.05) is 18.8 Å². The van der Waals surface area contributed by atoms with E-state index in [-0.39, 0.29) is 5.97 Å². The Morgan fingerprint density at radius 1 is 0.719 bits per heavy atom. The highest BCUT2D eigenvalue weighted by atomic mass is 16.5. The van der Waals surface area contributed by atoms with Gasteiger partial charge in [0.2, 0.25) is 0 Å². The molecule has 0 N–H and O–H groups in total. The number of carbonyl (C=O) groups is 1. The molecule has 1 saturated heterocycles. The average Bonchev–Trinajstić information content (AvgIpc) is 2.87. The van der Waals surface area contributed by atoms with Crippen molar-refractivity contribution in [2.24, 2.45) is 20.5 Å². The third-order valence-electron chi connectivity index (χ3n) is 4.93. The van der Waals surface area contributed by atoms with Crippen LogP contribution in [0.25, 0.3) is 0 Å². The Hall–Kier alpha value is -3.91. The second-order valence-electron chi connectivity index (χ2n) is 7.07. The molecule has 0 aliphatic carbocycles. The normalized spacial score (nSPS) is 14.2. The highest BCUT2D eigenvalue weighted by Crippen LogP contribution is 2.25. The fraction of sp³-hybridized carbons (Fsp3) is 0.208. The van der Waals surface area contributed by atoms with Crippen molar-refractivity contribution in [3.05, 3.63) is 78.4 Å². The number of nitrogens with zero attached hydrogens (tertiary/aromatic N) is 5. The van der Waals surface area contributed by atoms with E-state index in [9.17, 15) is 4.79 Å². The number of methoxy groups -OCH3 is 1. The molecular formula is C24H23N5O3. The van der Waals surface area contributed by atoms with Crippen LogP contribution in [0.1, 0.15) is 10.4 Å². The van der Waals surface area contributed by atoms with Crippen LogP contribution in [-0.4, -0.2) is 39.4 Å². The van der Waals surface area contributed by atoms with E-state index in [1.807, 2.05) is 36.4 Å². The summed E-state index contributed by atoms with van der Waals surface area (Å²) in [5.41, 5.74) is 4.49. The smallest absolute Gasteiger partial charge is 0.337 e. The van der Waals surface area contributed by atoms with E-state index >= 15 is 0 Å². The summed E-state index contributed by atoms with van der Waals surface area (Å²) in [6.07, 6.45) is 0. The van der Waals surface area contributed by atoms with E-state index in [2.05, 4.69) is 42.2 Å². The molecule has 3 aromatic carbocycles. The van der Waals surface area contributed by atoms with Crippen molar-refractivity contribution in [2.75, 3.05) is 38.3 Å². The Bertz CT molecular complexity index is 1090. The summed E-state index contributed by atoms with van der Waals surface area (Å²) in [6.45, 7) is 3.34. The van der Waals surface area contributed by atoms with Crippen molar-refractivity contribution in [1.82, 2.24) is 0 Å². The minimum atomic E-state index is -0.383. The first kappa shape index (κ1) is 21.3. The number of benzene rings is 3. The van der Waals surface area contributed by atoms with Gasteiger partial charge in [-0.05, 0) is 72.8 Å². The van der Waals surface area contributed by atoms with Crippen LogP contribution < -0.4 is 4.90 Å². The number of hydrogen-bond acceptors (Lipinski definition) is 8. The SMILES string of the molecule is COC(=O)c1ccc(N=Nc2ccc(N=Nc3ccc(N4CCOCC4)cc3)cc2)cc1. The van der Waals surface area contributed by atoms with Crippen molar-refractivity contribution in [3.8, 4) is 0 Å². The molecule has 1 aliphatic rings.